The van der Waals surface area contributed by atoms with Crippen LogP contribution in [-0.2, 0) is 15.1 Å². The molecule has 0 radical (unpaired) electrons. The summed E-state index contributed by atoms with van der Waals surface area (Å²) in [6.45, 7) is 2.05. The molecule has 1 heterocycles. The maximum absolute atomic E-state index is 13.4. The average molecular weight is 283 g/mol. The molecule has 0 bridgehead atoms. The third-order valence-corrected chi connectivity index (χ3v) is 6.88. The highest BCUT2D eigenvalue weighted by Gasteiger charge is 2.50. The van der Waals surface area contributed by atoms with Gasteiger partial charge in [-0.3, -0.25) is 0 Å². The molecule has 0 amide bonds. The van der Waals surface area contributed by atoms with Gasteiger partial charge in [0.15, 0.2) is 0 Å². The summed E-state index contributed by atoms with van der Waals surface area (Å²) in [6.07, 6.45) is 2.28. The second-order valence-electron chi connectivity index (χ2n) is 5.99. The molecule has 0 N–H and O–H groups in total. The minimum atomic E-state index is -2.32. The molecule has 1 atom stereocenters. The van der Waals surface area contributed by atoms with Gasteiger partial charge >= 0.3 is 0 Å². The Hall–Kier alpha value is -1.61. The van der Waals surface area contributed by atoms with Gasteiger partial charge in [0.2, 0.25) is 0 Å². The molecular formula is C17H17NOS. The quantitative estimate of drug-likeness (QED) is 0.771. The van der Waals surface area contributed by atoms with Crippen molar-refractivity contribution in [3.05, 3.63) is 59.7 Å². The van der Waals surface area contributed by atoms with Crippen LogP contribution in [-0.4, -0.2) is 9.96 Å². The molecule has 0 aromatic heterocycles. The largest absolute Gasteiger partial charge is 0.244 e. The van der Waals surface area contributed by atoms with Gasteiger partial charge in [-0.15, -0.1) is 0 Å². The second-order valence-corrected chi connectivity index (χ2v) is 8.21. The summed E-state index contributed by atoms with van der Waals surface area (Å²) in [5, 5.41) is 0. The molecule has 3 heteroatoms. The van der Waals surface area contributed by atoms with E-state index in [9.17, 15) is 4.21 Å². The molecule has 2 aromatic rings. The molecule has 4 rings (SSSR count). The third kappa shape index (κ3) is 1.73. The van der Waals surface area contributed by atoms with Gasteiger partial charge < -0.3 is 0 Å². The van der Waals surface area contributed by atoms with Crippen molar-refractivity contribution in [1.82, 2.24) is 0 Å². The van der Waals surface area contributed by atoms with Crippen molar-refractivity contribution >= 4 is 15.4 Å². The standard InChI is InChI=1S/C17H17NOS/c1-13-6-8-14(9-7-13)20(19)12-17(10-11-17)15-4-2-3-5-16(15)18-20/h2-9H,10-12H2,1H3. The van der Waals surface area contributed by atoms with Crippen molar-refractivity contribution in [3.8, 4) is 0 Å². The van der Waals surface area contributed by atoms with Gasteiger partial charge in [-0.1, -0.05) is 35.9 Å². The molecule has 1 spiro atoms. The van der Waals surface area contributed by atoms with Gasteiger partial charge in [-0.25, -0.2) is 4.21 Å². The van der Waals surface area contributed by atoms with Crippen LogP contribution in [0, 0.1) is 6.92 Å². The first-order valence-electron chi connectivity index (χ1n) is 7.03. The average Bonchev–Trinajstić information content (AvgIpc) is 3.19. The van der Waals surface area contributed by atoms with Crippen LogP contribution >= 0.6 is 0 Å². The molecule has 2 aromatic carbocycles. The van der Waals surface area contributed by atoms with Gasteiger partial charge in [0.25, 0.3) is 0 Å². The minimum Gasteiger partial charge on any atom is -0.244 e. The Balaban J connectivity index is 1.94. The highest BCUT2D eigenvalue weighted by molar-refractivity contribution is 7.94. The molecule has 1 saturated carbocycles. The Kier molecular flexibility index (Phi) is 2.40. The fraction of sp³-hybridized carbons (Fsp3) is 0.294. The lowest BCUT2D eigenvalue weighted by Crippen LogP contribution is -2.24. The van der Waals surface area contributed by atoms with E-state index in [-0.39, 0.29) is 5.41 Å². The van der Waals surface area contributed by atoms with Crippen LogP contribution < -0.4 is 0 Å². The predicted molar refractivity (Wildman–Crippen MR) is 81.9 cm³/mol. The van der Waals surface area contributed by atoms with Crippen molar-refractivity contribution in [2.24, 2.45) is 4.36 Å². The van der Waals surface area contributed by atoms with Crippen LogP contribution in [0.25, 0.3) is 0 Å². The van der Waals surface area contributed by atoms with Crippen LogP contribution in [0.15, 0.2) is 57.8 Å². The summed E-state index contributed by atoms with van der Waals surface area (Å²) in [5.74, 6) is 0.681. The lowest BCUT2D eigenvalue weighted by Gasteiger charge is -2.25. The molecule has 2 nitrogen and oxygen atoms in total. The molecule has 0 saturated heterocycles. The van der Waals surface area contributed by atoms with Crippen molar-refractivity contribution in [2.45, 2.75) is 30.1 Å². The number of aryl methyl sites for hydroxylation is 1. The van der Waals surface area contributed by atoms with E-state index in [2.05, 4.69) is 16.5 Å². The number of hydrogen-bond donors (Lipinski definition) is 0. The second kappa shape index (κ2) is 3.95. The van der Waals surface area contributed by atoms with Gasteiger partial charge in [-0.2, -0.15) is 4.36 Å². The van der Waals surface area contributed by atoms with E-state index in [1.807, 2.05) is 43.3 Å². The molecule has 1 fully saturated rings. The van der Waals surface area contributed by atoms with Crippen LogP contribution in [0.4, 0.5) is 5.69 Å². The van der Waals surface area contributed by atoms with E-state index in [0.29, 0.717) is 5.75 Å². The summed E-state index contributed by atoms with van der Waals surface area (Å²) < 4.78 is 18.0. The van der Waals surface area contributed by atoms with E-state index in [1.165, 1.54) is 11.1 Å². The van der Waals surface area contributed by atoms with Crippen molar-refractivity contribution in [2.75, 3.05) is 5.75 Å². The summed E-state index contributed by atoms with van der Waals surface area (Å²) in [5.41, 5.74) is 3.54. The van der Waals surface area contributed by atoms with E-state index in [4.69, 9.17) is 0 Å². The molecule has 102 valence electrons. The van der Waals surface area contributed by atoms with Crippen molar-refractivity contribution in [1.29, 1.82) is 0 Å². The topological polar surface area (TPSA) is 29.4 Å². The first kappa shape index (κ1) is 12.2. The summed E-state index contributed by atoms with van der Waals surface area (Å²) >= 11 is 0. The van der Waals surface area contributed by atoms with Crippen molar-refractivity contribution in [3.63, 3.8) is 0 Å². The van der Waals surface area contributed by atoms with Crippen LogP contribution in [0.3, 0.4) is 0 Å². The zero-order valence-corrected chi connectivity index (χ0v) is 12.3. The van der Waals surface area contributed by atoms with Gasteiger partial charge in [-0.05, 0) is 43.5 Å². The predicted octanol–water partition coefficient (Wildman–Crippen LogP) is 4.20. The Bertz CT molecular complexity index is 794. The number of hydrogen-bond acceptors (Lipinski definition) is 2. The number of rotatable bonds is 1. The van der Waals surface area contributed by atoms with E-state index < -0.39 is 9.73 Å². The maximum atomic E-state index is 13.4. The zero-order valence-electron chi connectivity index (χ0n) is 11.5. The van der Waals surface area contributed by atoms with E-state index >= 15 is 0 Å². The first-order valence-corrected chi connectivity index (χ1v) is 8.71. The summed E-state index contributed by atoms with van der Waals surface area (Å²) in [6, 6.07) is 16.2. The summed E-state index contributed by atoms with van der Waals surface area (Å²) in [7, 11) is -2.32. The lowest BCUT2D eigenvalue weighted by atomic mass is 9.96. The van der Waals surface area contributed by atoms with Crippen LogP contribution in [0.2, 0.25) is 0 Å². The normalized spacial score (nSPS) is 25.9. The Labute approximate surface area is 120 Å². The molecule has 1 unspecified atom stereocenters. The van der Waals surface area contributed by atoms with Gasteiger partial charge in [0.1, 0.15) is 0 Å². The highest BCUT2D eigenvalue weighted by atomic mass is 32.2. The minimum absolute atomic E-state index is 0.125. The molecule has 1 aliphatic heterocycles. The monoisotopic (exact) mass is 283 g/mol. The molecular weight excluding hydrogens is 266 g/mol. The van der Waals surface area contributed by atoms with Crippen molar-refractivity contribution < 1.29 is 4.21 Å². The van der Waals surface area contributed by atoms with Gasteiger partial charge in [0, 0.05) is 16.1 Å². The number of benzene rings is 2. The van der Waals surface area contributed by atoms with Gasteiger partial charge in [0.05, 0.1) is 15.4 Å². The molecule has 1 aliphatic carbocycles. The van der Waals surface area contributed by atoms with E-state index in [1.54, 1.807) is 0 Å². The third-order valence-electron chi connectivity index (χ3n) is 4.44. The Morgan fingerprint density at radius 1 is 1.05 bits per heavy atom. The Morgan fingerprint density at radius 3 is 2.45 bits per heavy atom. The lowest BCUT2D eigenvalue weighted by molar-refractivity contribution is 0.660. The molecule has 20 heavy (non-hydrogen) atoms. The fourth-order valence-electron chi connectivity index (χ4n) is 3.10. The first-order chi connectivity index (χ1) is 9.61. The Morgan fingerprint density at radius 2 is 1.75 bits per heavy atom. The molecule has 2 aliphatic rings. The number of nitrogens with zero attached hydrogens (tertiary/aromatic N) is 1. The smallest absolute Gasteiger partial charge is 0.0809 e. The van der Waals surface area contributed by atoms with Crippen LogP contribution in [0.5, 0.6) is 0 Å². The van der Waals surface area contributed by atoms with E-state index in [0.717, 1.165) is 23.4 Å². The number of fused-ring (bicyclic) bond motifs is 2. The highest BCUT2D eigenvalue weighted by Crippen LogP contribution is 2.55. The fourth-order valence-corrected chi connectivity index (χ4v) is 5.66. The maximum Gasteiger partial charge on any atom is 0.0809 e. The zero-order chi connectivity index (χ0) is 13.8. The SMILES string of the molecule is Cc1ccc(S2(=O)=Nc3ccccc3C3(CC3)C2)cc1. The van der Waals surface area contributed by atoms with Crippen LogP contribution in [0.1, 0.15) is 24.0 Å². The summed E-state index contributed by atoms with van der Waals surface area (Å²) in [4.78, 5) is 0.879.